The quantitative estimate of drug-likeness (QED) is 0.642. The number of rotatable bonds is 3. The van der Waals surface area contributed by atoms with E-state index in [2.05, 4.69) is 10.6 Å². The number of benzene rings is 1. The van der Waals surface area contributed by atoms with Gasteiger partial charge in [-0.1, -0.05) is 11.6 Å². The van der Waals surface area contributed by atoms with Crippen molar-refractivity contribution in [3.8, 4) is 0 Å². The van der Waals surface area contributed by atoms with Crippen molar-refractivity contribution in [2.75, 3.05) is 25.1 Å². The minimum atomic E-state index is -0.548. The molecule has 102 valence electrons. The van der Waals surface area contributed by atoms with Crippen molar-refractivity contribution < 1.29 is 14.5 Å². The number of nitrogens with one attached hydrogen (secondary N) is 2. The van der Waals surface area contributed by atoms with Crippen molar-refractivity contribution in [2.24, 2.45) is 0 Å². The van der Waals surface area contributed by atoms with E-state index in [0.717, 1.165) is 0 Å². The van der Waals surface area contributed by atoms with Crippen molar-refractivity contribution in [3.63, 3.8) is 0 Å². The third kappa shape index (κ3) is 3.40. The predicted octanol–water partition coefficient (Wildman–Crippen LogP) is 1.18. The summed E-state index contributed by atoms with van der Waals surface area (Å²) in [5, 5.41) is 16.3. The average molecular weight is 286 g/mol. The first kappa shape index (κ1) is 13.7. The van der Waals surface area contributed by atoms with Crippen LogP contribution in [0.2, 0.25) is 5.02 Å². The highest BCUT2D eigenvalue weighted by atomic mass is 35.5. The third-order valence-corrected chi connectivity index (χ3v) is 2.97. The van der Waals surface area contributed by atoms with Crippen LogP contribution in [0.1, 0.15) is 0 Å². The van der Waals surface area contributed by atoms with E-state index in [9.17, 15) is 14.9 Å². The van der Waals surface area contributed by atoms with Gasteiger partial charge in [0, 0.05) is 18.7 Å². The Morgan fingerprint density at radius 3 is 2.95 bits per heavy atom. The summed E-state index contributed by atoms with van der Waals surface area (Å²) < 4.78 is 5.18. The Balaban J connectivity index is 2.06. The molecule has 1 unspecified atom stereocenters. The lowest BCUT2D eigenvalue weighted by molar-refractivity contribution is -0.384. The van der Waals surface area contributed by atoms with E-state index in [1.807, 2.05) is 0 Å². The highest BCUT2D eigenvalue weighted by Crippen LogP contribution is 2.26. The summed E-state index contributed by atoms with van der Waals surface area (Å²) in [5.74, 6) is -0.282. The first-order valence-electron chi connectivity index (χ1n) is 5.64. The van der Waals surface area contributed by atoms with Crippen LogP contribution in [0.15, 0.2) is 18.2 Å². The molecule has 1 aliphatic heterocycles. The fourth-order valence-corrected chi connectivity index (χ4v) is 1.89. The van der Waals surface area contributed by atoms with Crippen molar-refractivity contribution >= 4 is 28.9 Å². The highest BCUT2D eigenvalue weighted by molar-refractivity contribution is 6.34. The summed E-state index contributed by atoms with van der Waals surface area (Å²) in [5.41, 5.74) is 0.215. The molecule has 1 saturated heterocycles. The molecule has 0 radical (unpaired) electrons. The number of hydrogen-bond acceptors (Lipinski definition) is 5. The molecule has 1 aromatic carbocycles. The third-order valence-electron chi connectivity index (χ3n) is 2.66. The monoisotopic (exact) mass is 285 g/mol. The normalized spacial score (nSPS) is 18.9. The zero-order chi connectivity index (χ0) is 13.8. The van der Waals surface area contributed by atoms with Gasteiger partial charge in [0.05, 0.1) is 28.8 Å². The summed E-state index contributed by atoms with van der Waals surface area (Å²) in [6.45, 7) is 1.46. The van der Waals surface area contributed by atoms with Gasteiger partial charge in [0.15, 0.2) is 0 Å². The van der Waals surface area contributed by atoms with Gasteiger partial charge in [0.2, 0.25) is 5.91 Å². The lowest BCUT2D eigenvalue weighted by Crippen LogP contribution is -2.48. The molecule has 1 heterocycles. The number of halogens is 1. The van der Waals surface area contributed by atoms with Gasteiger partial charge in [-0.2, -0.15) is 0 Å². The number of hydrogen-bond donors (Lipinski definition) is 2. The fourth-order valence-electron chi connectivity index (χ4n) is 1.67. The van der Waals surface area contributed by atoms with E-state index in [1.165, 1.54) is 18.2 Å². The van der Waals surface area contributed by atoms with Crippen LogP contribution in [0.5, 0.6) is 0 Å². The smallest absolute Gasteiger partial charge is 0.271 e. The van der Waals surface area contributed by atoms with Crippen molar-refractivity contribution in [3.05, 3.63) is 33.3 Å². The minimum Gasteiger partial charge on any atom is -0.378 e. The van der Waals surface area contributed by atoms with E-state index in [1.54, 1.807) is 0 Å². The van der Waals surface area contributed by atoms with Crippen LogP contribution in [0, 0.1) is 10.1 Å². The van der Waals surface area contributed by atoms with Crippen LogP contribution >= 0.6 is 11.6 Å². The fraction of sp³-hybridized carbons (Fsp3) is 0.364. The van der Waals surface area contributed by atoms with Gasteiger partial charge in [-0.15, -0.1) is 0 Å². The van der Waals surface area contributed by atoms with E-state index < -0.39 is 11.0 Å². The predicted molar refractivity (Wildman–Crippen MR) is 69.3 cm³/mol. The molecule has 0 spiro atoms. The second-order valence-corrected chi connectivity index (χ2v) is 4.40. The summed E-state index contributed by atoms with van der Waals surface area (Å²) >= 11 is 5.89. The zero-order valence-electron chi connectivity index (χ0n) is 9.89. The number of ether oxygens (including phenoxy) is 1. The molecule has 0 saturated carbocycles. The lowest BCUT2D eigenvalue weighted by atomic mass is 10.2. The number of carbonyl (C=O) groups is 1. The van der Waals surface area contributed by atoms with Crippen molar-refractivity contribution in [1.29, 1.82) is 0 Å². The molecule has 1 amide bonds. The zero-order valence-corrected chi connectivity index (χ0v) is 10.6. The summed E-state index contributed by atoms with van der Waals surface area (Å²) in [6, 6.07) is 3.44. The maximum Gasteiger partial charge on any atom is 0.271 e. The Kier molecular flexibility index (Phi) is 4.31. The largest absolute Gasteiger partial charge is 0.378 e. The van der Waals surface area contributed by atoms with E-state index in [0.29, 0.717) is 18.8 Å². The molecular formula is C11H12ClN3O4. The molecule has 0 aromatic heterocycles. The number of morpholine rings is 1. The molecule has 1 aromatic rings. The van der Waals surface area contributed by atoms with Crippen LogP contribution in [0.4, 0.5) is 11.4 Å². The number of amides is 1. The minimum absolute atomic E-state index is 0.123. The molecular weight excluding hydrogens is 274 g/mol. The molecule has 1 aliphatic rings. The number of non-ortho nitro benzene ring substituents is 1. The van der Waals surface area contributed by atoms with Gasteiger partial charge in [-0.3, -0.25) is 14.9 Å². The van der Waals surface area contributed by atoms with Gasteiger partial charge in [0.1, 0.15) is 6.04 Å². The SMILES string of the molecule is O=C(Nc1ccc([N+](=O)[O-])cc1Cl)C1COCCN1. The van der Waals surface area contributed by atoms with Crippen LogP contribution < -0.4 is 10.6 Å². The van der Waals surface area contributed by atoms with Crippen LogP contribution in [-0.2, 0) is 9.53 Å². The number of anilines is 1. The molecule has 1 fully saturated rings. The Morgan fingerprint density at radius 1 is 1.58 bits per heavy atom. The molecule has 2 N–H and O–H groups in total. The molecule has 8 heteroatoms. The Bertz CT molecular complexity index is 503. The van der Waals surface area contributed by atoms with E-state index in [-0.39, 0.29) is 23.2 Å². The Hall–Kier alpha value is -1.70. The van der Waals surface area contributed by atoms with Gasteiger partial charge < -0.3 is 15.4 Å². The lowest BCUT2D eigenvalue weighted by Gasteiger charge is -2.23. The molecule has 2 rings (SSSR count). The molecule has 0 aliphatic carbocycles. The molecule has 0 bridgehead atoms. The van der Waals surface area contributed by atoms with Crippen molar-refractivity contribution in [1.82, 2.24) is 5.32 Å². The topological polar surface area (TPSA) is 93.5 Å². The second kappa shape index (κ2) is 5.96. The maximum absolute atomic E-state index is 11.9. The maximum atomic E-state index is 11.9. The van der Waals surface area contributed by atoms with Gasteiger partial charge in [-0.05, 0) is 6.07 Å². The van der Waals surface area contributed by atoms with Crippen LogP contribution in [-0.4, -0.2) is 36.6 Å². The molecule has 19 heavy (non-hydrogen) atoms. The summed E-state index contributed by atoms with van der Waals surface area (Å²) in [7, 11) is 0. The van der Waals surface area contributed by atoms with E-state index >= 15 is 0 Å². The van der Waals surface area contributed by atoms with Crippen molar-refractivity contribution in [2.45, 2.75) is 6.04 Å². The number of nitro benzene ring substituents is 1. The second-order valence-electron chi connectivity index (χ2n) is 3.99. The first-order valence-corrected chi connectivity index (χ1v) is 6.01. The van der Waals surface area contributed by atoms with Gasteiger partial charge in [0.25, 0.3) is 5.69 Å². The summed E-state index contributed by atoms with van der Waals surface area (Å²) in [4.78, 5) is 21.9. The van der Waals surface area contributed by atoms with Crippen LogP contribution in [0.25, 0.3) is 0 Å². The van der Waals surface area contributed by atoms with E-state index in [4.69, 9.17) is 16.3 Å². The standard InChI is InChI=1S/C11H12ClN3O4/c12-8-5-7(15(17)18)1-2-9(8)14-11(16)10-6-19-4-3-13-10/h1-2,5,10,13H,3-4,6H2,(H,14,16). The molecule has 1 atom stereocenters. The average Bonchev–Trinajstić information content (AvgIpc) is 2.41. The molecule has 7 nitrogen and oxygen atoms in total. The number of carbonyl (C=O) groups excluding carboxylic acids is 1. The van der Waals surface area contributed by atoms with Crippen LogP contribution in [0.3, 0.4) is 0 Å². The van der Waals surface area contributed by atoms with Gasteiger partial charge in [-0.25, -0.2) is 0 Å². The Morgan fingerprint density at radius 2 is 2.37 bits per heavy atom. The van der Waals surface area contributed by atoms with Gasteiger partial charge >= 0.3 is 0 Å². The number of nitrogens with zero attached hydrogens (tertiary/aromatic N) is 1. The first-order chi connectivity index (χ1) is 9.08. The number of nitro groups is 1. The Labute approximate surface area is 114 Å². The highest BCUT2D eigenvalue weighted by Gasteiger charge is 2.22. The summed E-state index contributed by atoms with van der Waals surface area (Å²) in [6.07, 6.45) is 0.